The summed E-state index contributed by atoms with van der Waals surface area (Å²) >= 11 is 0. The van der Waals surface area contributed by atoms with E-state index >= 15 is 0 Å². The summed E-state index contributed by atoms with van der Waals surface area (Å²) in [6.07, 6.45) is 2.62. The molecule has 0 spiro atoms. The molecule has 0 saturated carbocycles. The summed E-state index contributed by atoms with van der Waals surface area (Å²) in [7, 11) is 0. The fraction of sp³-hybridized carbons (Fsp3) is 0.360. The van der Waals surface area contributed by atoms with Crippen molar-refractivity contribution in [1.82, 2.24) is 10.2 Å². The third-order valence-corrected chi connectivity index (χ3v) is 5.82. The summed E-state index contributed by atoms with van der Waals surface area (Å²) in [6.45, 7) is 7.11. The van der Waals surface area contributed by atoms with Gasteiger partial charge >= 0.3 is 0 Å². The van der Waals surface area contributed by atoms with E-state index in [9.17, 15) is 0 Å². The first kappa shape index (κ1) is 19.0. The number of fused-ring (bicyclic) bond motifs is 1. The van der Waals surface area contributed by atoms with Crippen molar-refractivity contribution < 1.29 is 4.74 Å². The number of nitrogens with zero attached hydrogens (tertiary/aromatic N) is 1. The van der Waals surface area contributed by atoms with Gasteiger partial charge in [0, 0.05) is 24.7 Å². The van der Waals surface area contributed by atoms with Crippen LogP contribution in [0.5, 0.6) is 5.75 Å². The van der Waals surface area contributed by atoms with E-state index in [1.54, 1.807) is 0 Å². The monoisotopic (exact) mass is 374 g/mol. The average molecular weight is 375 g/mol. The van der Waals surface area contributed by atoms with Gasteiger partial charge in [-0.25, -0.2) is 0 Å². The molecule has 0 amide bonds. The molecule has 1 fully saturated rings. The van der Waals surface area contributed by atoms with Crippen LogP contribution in [0.15, 0.2) is 66.7 Å². The van der Waals surface area contributed by atoms with E-state index in [4.69, 9.17) is 4.74 Å². The molecule has 1 saturated heterocycles. The maximum atomic E-state index is 6.25. The zero-order chi connectivity index (χ0) is 19.2. The van der Waals surface area contributed by atoms with Crippen LogP contribution < -0.4 is 10.1 Å². The minimum atomic E-state index is 0.596. The van der Waals surface area contributed by atoms with Crippen molar-refractivity contribution >= 4 is 10.8 Å². The van der Waals surface area contributed by atoms with Gasteiger partial charge in [0.2, 0.25) is 0 Å². The smallest absolute Gasteiger partial charge is 0.124 e. The first-order valence-electron chi connectivity index (χ1n) is 10.5. The topological polar surface area (TPSA) is 24.5 Å². The van der Waals surface area contributed by atoms with Gasteiger partial charge in [0.25, 0.3) is 0 Å². The van der Waals surface area contributed by atoms with Crippen molar-refractivity contribution in [2.45, 2.75) is 39.0 Å². The van der Waals surface area contributed by atoms with Gasteiger partial charge < -0.3 is 10.1 Å². The maximum Gasteiger partial charge on any atom is 0.124 e. The quantitative estimate of drug-likeness (QED) is 0.601. The largest absolute Gasteiger partial charge is 0.489 e. The van der Waals surface area contributed by atoms with Crippen molar-refractivity contribution in [3.63, 3.8) is 0 Å². The lowest BCUT2D eigenvalue weighted by molar-refractivity contribution is 0.259. The Kier molecular flexibility index (Phi) is 6.25. The number of hydrogen-bond donors (Lipinski definition) is 1. The minimum Gasteiger partial charge on any atom is -0.489 e. The molecule has 1 atom stereocenters. The Morgan fingerprint density at radius 1 is 1.00 bits per heavy atom. The van der Waals surface area contributed by atoms with Crippen LogP contribution in [-0.4, -0.2) is 30.6 Å². The van der Waals surface area contributed by atoms with E-state index in [2.05, 4.69) is 77.8 Å². The molecule has 3 aromatic carbocycles. The van der Waals surface area contributed by atoms with Crippen molar-refractivity contribution in [1.29, 1.82) is 0 Å². The molecule has 28 heavy (non-hydrogen) atoms. The Bertz CT molecular complexity index is 893. The molecule has 0 radical (unpaired) electrons. The van der Waals surface area contributed by atoms with Gasteiger partial charge in [-0.3, -0.25) is 4.90 Å². The van der Waals surface area contributed by atoms with E-state index in [-0.39, 0.29) is 0 Å². The molecular weight excluding hydrogens is 344 g/mol. The molecule has 0 bridgehead atoms. The fourth-order valence-electron chi connectivity index (χ4n) is 4.28. The Hall–Kier alpha value is -2.36. The molecular formula is C25H30N2O. The van der Waals surface area contributed by atoms with Gasteiger partial charge in [0.05, 0.1) is 0 Å². The third kappa shape index (κ3) is 4.37. The maximum absolute atomic E-state index is 6.25. The second-order valence-corrected chi connectivity index (χ2v) is 7.59. The summed E-state index contributed by atoms with van der Waals surface area (Å²) in [5, 5.41) is 6.26. The second kappa shape index (κ2) is 9.22. The second-order valence-electron chi connectivity index (χ2n) is 7.59. The molecule has 1 aliphatic heterocycles. The number of benzene rings is 3. The lowest BCUT2D eigenvalue weighted by Crippen LogP contribution is -2.37. The third-order valence-electron chi connectivity index (χ3n) is 5.82. The van der Waals surface area contributed by atoms with Crippen LogP contribution in [0.4, 0.5) is 0 Å². The van der Waals surface area contributed by atoms with Crippen LogP contribution in [0.25, 0.3) is 10.8 Å². The number of hydrogen-bond acceptors (Lipinski definition) is 3. The molecule has 4 rings (SSSR count). The van der Waals surface area contributed by atoms with Gasteiger partial charge in [-0.2, -0.15) is 0 Å². The van der Waals surface area contributed by atoms with Crippen molar-refractivity contribution in [3.05, 3.63) is 77.9 Å². The zero-order valence-electron chi connectivity index (χ0n) is 16.7. The molecule has 0 aromatic heterocycles. The Morgan fingerprint density at radius 2 is 1.82 bits per heavy atom. The number of likely N-dealkylation sites (N-methyl/N-ethyl adjacent to an activating group) is 1. The molecule has 1 heterocycles. The predicted molar refractivity (Wildman–Crippen MR) is 117 cm³/mol. The highest BCUT2D eigenvalue weighted by Crippen LogP contribution is 2.29. The van der Waals surface area contributed by atoms with Crippen LogP contribution in [0, 0.1) is 0 Å². The van der Waals surface area contributed by atoms with Crippen LogP contribution in [0.3, 0.4) is 0 Å². The average Bonchev–Trinajstić information content (AvgIpc) is 3.21. The molecule has 0 aliphatic carbocycles. The molecule has 3 aromatic rings. The molecule has 0 unspecified atom stereocenters. The van der Waals surface area contributed by atoms with Gasteiger partial charge in [-0.1, -0.05) is 67.6 Å². The Labute approximate surface area is 168 Å². The van der Waals surface area contributed by atoms with Crippen LogP contribution >= 0.6 is 0 Å². The SMILES string of the molecule is CCN1CCC[C@@H]1CNCc1c(OCc2ccccc2)ccc2ccccc12. The highest BCUT2D eigenvalue weighted by molar-refractivity contribution is 5.87. The highest BCUT2D eigenvalue weighted by atomic mass is 16.5. The van der Waals surface area contributed by atoms with Crippen molar-refractivity contribution in [2.24, 2.45) is 0 Å². The lowest BCUT2D eigenvalue weighted by Gasteiger charge is -2.23. The Balaban J connectivity index is 1.50. The normalized spacial score (nSPS) is 17.2. The fourth-order valence-corrected chi connectivity index (χ4v) is 4.28. The zero-order valence-corrected chi connectivity index (χ0v) is 16.7. The number of rotatable bonds is 8. The van der Waals surface area contributed by atoms with E-state index < -0.39 is 0 Å². The summed E-state index contributed by atoms with van der Waals surface area (Å²) in [6, 6.07) is 23.9. The van der Waals surface area contributed by atoms with E-state index in [1.165, 1.54) is 41.3 Å². The molecule has 1 N–H and O–H groups in total. The summed E-state index contributed by atoms with van der Waals surface area (Å²) < 4.78 is 6.25. The summed E-state index contributed by atoms with van der Waals surface area (Å²) in [4.78, 5) is 2.59. The number of ether oxygens (including phenoxy) is 1. The predicted octanol–water partition coefficient (Wildman–Crippen LogP) is 4.99. The number of nitrogens with one attached hydrogen (secondary N) is 1. The minimum absolute atomic E-state index is 0.596. The molecule has 3 nitrogen and oxygen atoms in total. The molecule has 3 heteroatoms. The Morgan fingerprint density at radius 3 is 2.68 bits per heavy atom. The lowest BCUT2D eigenvalue weighted by atomic mass is 10.0. The van der Waals surface area contributed by atoms with Gasteiger partial charge in [-0.15, -0.1) is 0 Å². The van der Waals surface area contributed by atoms with Gasteiger partial charge in [-0.05, 0) is 48.3 Å². The van der Waals surface area contributed by atoms with Crippen LogP contribution in [0.2, 0.25) is 0 Å². The van der Waals surface area contributed by atoms with Gasteiger partial charge in [0.15, 0.2) is 0 Å². The summed E-state index contributed by atoms with van der Waals surface area (Å²) in [5.74, 6) is 0.980. The van der Waals surface area contributed by atoms with Crippen molar-refractivity contribution in [2.75, 3.05) is 19.6 Å². The van der Waals surface area contributed by atoms with Crippen LogP contribution in [0.1, 0.15) is 30.9 Å². The number of likely N-dealkylation sites (tertiary alicyclic amines) is 1. The summed E-state index contributed by atoms with van der Waals surface area (Å²) in [5.41, 5.74) is 2.45. The highest BCUT2D eigenvalue weighted by Gasteiger charge is 2.22. The molecule has 146 valence electrons. The van der Waals surface area contributed by atoms with E-state index in [0.717, 1.165) is 25.4 Å². The van der Waals surface area contributed by atoms with Crippen molar-refractivity contribution in [3.8, 4) is 5.75 Å². The molecule has 1 aliphatic rings. The van der Waals surface area contributed by atoms with Crippen LogP contribution in [-0.2, 0) is 13.2 Å². The first-order chi connectivity index (χ1) is 13.8. The van der Waals surface area contributed by atoms with E-state index in [0.29, 0.717) is 12.6 Å². The first-order valence-corrected chi connectivity index (χ1v) is 10.5. The van der Waals surface area contributed by atoms with E-state index in [1.807, 2.05) is 6.07 Å². The standard InChI is InChI=1S/C25H30N2O/c1-2-27-16-8-12-22(27)17-26-18-24-23-13-7-6-11-21(23)14-15-25(24)28-19-20-9-4-3-5-10-20/h3-7,9-11,13-15,22,26H,2,8,12,16-19H2,1H3/t22-/m1/s1. The van der Waals surface area contributed by atoms with Gasteiger partial charge in [0.1, 0.15) is 12.4 Å².